The Morgan fingerprint density at radius 3 is 2.33 bits per heavy atom. The first kappa shape index (κ1) is 17.5. The topological polar surface area (TPSA) is 64.6 Å². The van der Waals surface area contributed by atoms with Gasteiger partial charge in [0.2, 0.25) is 5.91 Å². The zero-order valence-corrected chi connectivity index (χ0v) is 13.9. The molecule has 0 spiro atoms. The predicted molar refractivity (Wildman–Crippen MR) is 92.5 cm³/mol. The summed E-state index contributed by atoms with van der Waals surface area (Å²) >= 11 is 0. The molecule has 0 bridgehead atoms. The van der Waals surface area contributed by atoms with Gasteiger partial charge in [0.1, 0.15) is 11.3 Å². The standard InChI is InChI=1S/C19H21NO4/c1-3-13-23-16-11-7-5-9-14(16)19(22)24-17-12-8-6-10-15(17)20-18(21)4-2/h5-12H,3-4,13H2,1-2H3,(H,20,21). The van der Waals surface area contributed by atoms with Gasteiger partial charge in [-0.3, -0.25) is 4.79 Å². The fourth-order valence-corrected chi connectivity index (χ4v) is 2.03. The number of ether oxygens (including phenoxy) is 2. The Morgan fingerprint density at radius 2 is 1.62 bits per heavy atom. The van der Waals surface area contributed by atoms with E-state index in [4.69, 9.17) is 9.47 Å². The lowest BCUT2D eigenvalue weighted by atomic mass is 10.2. The summed E-state index contributed by atoms with van der Waals surface area (Å²) in [4.78, 5) is 24.1. The molecular weight excluding hydrogens is 306 g/mol. The lowest BCUT2D eigenvalue weighted by Crippen LogP contribution is -2.14. The van der Waals surface area contributed by atoms with E-state index < -0.39 is 5.97 Å². The highest BCUT2D eigenvalue weighted by Gasteiger charge is 2.16. The van der Waals surface area contributed by atoms with Crippen LogP contribution in [0.4, 0.5) is 5.69 Å². The summed E-state index contributed by atoms with van der Waals surface area (Å²) in [5, 5.41) is 2.72. The summed E-state index contributed by atoms with van der Waals surface area (Å²) in [6, 6.07) is 13.8. The van der Waals surface area contributed by atoms with Crippen LogP contribution in [0, 0.1) is 0 Å². The Labute approximate surface area is 141 Å². The number of nitrogens with one attached hydrogen (secondary N) is 1. The number of hydrogen-bond acceptors (Lipinski definition) is 4. The van der Waals surface area contributed by atoms with Crippen LogP contribution < -0.4 is 14.8 Å². The second-order valence-corrected chi connectivity index (χ2v) is 5.13. The minimum atomic E-state index is -0.528. The van der Waals surface area contributed by atoms with Gasteiger partial charge < -0.3 is 14.8 Å². The van der Waals surface area contributed by atoms with Crippen molar-refractivity contribution in [3.05, 3.63) is 54.1 Å². The first-order valence-electron chi connectivity index (χ1n) is 7.98. The van der Waals surface area contributed by atoms with E-state index in [0.29, 0.717) is 35.8 Å². The molecule has 1 N–H and O–H groups in total. The van der Waals surface area contributed by atoms with Crippen LogP contribution in [-0.2, 0) is 4.79 Å². The van der Waals surface area contributed by atoms with Crippen molar-refractivity contribution >= 4 is 17.6 Å². The Balaban J connectivity index is 2.20. The van der Waals surface area contributed by atoms with Gasteiger partial charge in [0.15, 0.2) is 5.75 Å². The van der Waals surface area contributed by atoms with Crippen LogP contribution >= 0.6 is 0 Å². The number of rotatable bonds is 7. The third kappa shape index (κ3) is 4.59. The van der Waals surface area contributed by atoms with Gasteiger partial charge >= 0.3 is 5.97 Å². The molecule has 24 heavy (non-hydrogen) atoms. The fraction of sp³-hybridized carbons (Fsp3) is 0.263. The molecule has 0 radical (unpaired) electrons. The van der Waals surface area contributed by atoms with E-state index in [2.05, 4.69) is 5.32 Å². The molecule has 0 aliphatic carbocycles. The van der Waals surface area contributed by atoms with Gasteiger partial charge in [-0.25, -0.2) is 4.79 Å². The monoisotopic (exact) mass is 327 g/mol. The van der Waals surface area contributed by atoms with Gasteiger partial charge in [-0.15, -0.1) is 0 Å². The molecule has 0 fully saturated rings. The SMILES string of the molecule is CCCOc1ccccc1C(=O)Oc1ccccc1NC(=O)CC. The Bertz CT molecular complexity index is 712. The zero-order chi connectivity index (χ0) is 17.4. The summed E-state index contributed by atoms with van der Waals surface area (Å²) in [6.07, 6.45) is 1.19. The molecule has 2 aromatic carbocycles. The number of carbonyl (C=O) groups is 2. The predicted octanol–water partition coefficient (Wildman–Crippen LogP) is 4.04. The molecule has 1 amide bonds. The fourth-order valence-electron chi connectivity index (χ4n) is 2.03. The Morgan fingerprint density at radius 1 is 0.958 bits per heavy atom. The average molecular weight is 327 g/mol. The maximum atomic E-state index is 12.5. The maximum absolute atomic E-state index is 12.5. The van der Waals surface area contributed by atoms with E-state index in [0.717, 1.165) is 6.42 Å². The number of benzene rings is 2. The summed E-state index contributed by atoms with van der Waals surface area (Å²) in [5.74, 6) is 0.110. The van der Waals surface area contributed by atoms with E-state index in [1.165, 1.54) is 0 Å². The molecule has 0 atom stereocenters. The van der Waals surface area contributed by atoms with E-state index >= 15 is 0 Å². The van der Waals surface area contributed by atoms with Crippen molar-refractivity contribution in [3.8, 4) is 11.5 Å². The number of esters is 1. The van der Waals surface area contributed by atoms with Crippen LogP contribution in [0.1, 0.15) is 37.0 Å². The second kappa shape index (κ2) is 8.72. The van der Waals surface area contributed by atoms with Crippen molar-refractivity contribution in [3.63, 3.8) is 0 Å². The Kier molecular flexibility index (Phi) is 6.37. The molecular formula is C19H21NO4. The highest BCUT2D eigenvalue weighted by Crippen LogP contribution is 2.27. The zero-order valence-electron chi connectivity index (χ0n) is 13.9. The number of anilines is 1. The third-order valence-corrected chi connectivity index (χ3v) is 3.25. The highest BCUT2D eigenvalue weighted by atomic mass is 16.5. The molecule has 5 heteroatoms. The van der Waals surface area contributed by atoms with Gasteiger partial charge in [-0.05, 0) is 30.7 Å². The van der Waals surface area contributed by atoms with Gasteiger partial charge in [0.05, 0.1) is 12.3 Å². The third-order valence-electron chi connectivity index (χ3n) is 3.25. The number of carbonyl (C=O) groups excluding carboxylic acids is 2. The summed E-state index contributed by atoms with van der Waals surface area (Å²) in [7, 11) is 0. The molecule has 0 aliphatic rings. The molecule has 0 saturated heterocycles. The largest absolute Gasteiger partial charge is 0.493 e. The van der Waals surface area contributed by atoms with Crippen LogP contribution in [0.2, 0.25) is 0 Å². The molecule has 0 saturated carbocycles. The van der Waals surface area contributed by atoms with Crippen molar-refractivity contribution < 1.29 is 19.1 Å². The highest BCUT2D eigenvalue weighted by molar-refractivity contribution is 5.96. The minimum absolute atomic E-state index is 0.148. The van der Waals surface area contributed by atoms with E-state index in [1.807, 2.05) is 6.92 Å². The van der Waals surface area contributed by atoms with Crippen LogP contribution in [0.3, 0.4) is 0 Å². The van der Waals surface area contributed by atoms with Crippen molar-refractivity contribution in [2.24, 2.45) is 0 Å². The van der Waals surface area contributed by atoms with Gasteiger partial charge in [0.25, 0.3) is 0 Å². The Hall–Kier alpha value is -2.82. The smallest absolute Gasteiger partial charge is 0.347 e. The molecule has 0 heterocycles. The molecule has 5 nitrogen and oxygen atoms in total. The molecule has 2 rings (SSSR count). The van der Waals surface area contributed by atoms with Crippen LogP contribution in [0.25, 0.3) is 0 Å². The average Bonchev–Trinajstić information content (AvgIpc) is 2.61. The van der Waals surface area contributed by atoms with Crippen LogP contribution in [-0.4, -0.2) is 18.5 Å². The molecule has 0 unspecified atom stereocenters. The minimum Gasteiger partial charge on any atom is -0.493 e. The lowest BCUT2D eigenvalue weighted by Gasteiger charge is -2.13. The van der Waals surface area contributed by atoms with Crippen molar-refractivity contribution in [2.45, 2.75) is 26.7 Å². The quantitative estimate of drug-likeness (QED) is 0.615. The number of para-hydroxylation sites is 3. The van der Waals surface area contributed by atoms with E-state index in [9.17, 15) is 9.59 Å². The first-order chi connectivity index (χ1) is 11.7. The summed E-state index contributed by atoms with van der Waals surface area (Å²) < 4.78 is 11.1. The van der Waals surface area contributed by atoms with Crippen molar-refractivity contribution in [2.75, 3.05) is 11.9 Å². The summed E-state index contributed by atoms with van der Waals surface area (Å²) in [5.41, 5.74) is 0.812. The van der Waals surface area contributed by atoms with E-state index in [1.54, 1.807) is 55.5 Å². The van der Waals surface area contributed by atoms with Gasteiger partial charge in [0, 0.05) is 6.42 Å². The molecule has 126 valence electrons. The van der Waals surface area contributed by atoms with Crippen LogP contribution in [0.5, 0.6) is 11.5 Å². The molecule has 0 aliphatic heterocycles. The summed E-state index contributed by atoms with van der Waals surface area (Å²) in [6.45, 7) is 4.27. The number of hydrogen-bond donors (Lipinski definition) is 1. The first-order valence-corrected chi connectivity index (χ1v) is 7.98. The van der Waals surface area contributed by atoms with Crippen molar-refractivity contribution in [1.29, 1.82) is 0 Å². The second-order valence-electron chi connectivity index (χ2n) is 5.13. The molecule has 0 aromatic heterocycles. The lowest BCUT2D eigenvalue weighted by molar-refractivity contribution is -0.115. The number of amides is 1. The molecule has 2 aromatic rings. The van der Waals surface area contributed by atoms with Gasteiger partial charge in [-0.1, -0.05) is 38.1 Å². The van der Waals surface area contributed by atoms with Crippen molar-refractivity contribution in [1.82, 2.24) is 0 Å². The van der Waals surface area contributed by atoms with E-state index in [-0.39, 0.29) is 5.91 Å². The van der Waals surface area contributed by atoms with Crippen LogP contribution in [0.15, 0.2) is 48.5 Å². The van der Waals surface area contributed by atoms with Gasteiger partial charge in [-0.2, -0.15) is 0 Å². The maximum Gasteiger partial charge on any atom is 0.347 e. The normalized spacial score (nSPS) is 10.1.